The standard InChI is InChI=1S/C22H15ClFN5O2/c23-17-5-3-6-18(24)16(17)12-25-29-20(30)13-8-10-14(11-9-13)26-22-27-19-7-2-1-4-15(19)21(31)28-22/h1-12H,(H,29,30)(H2,26,27,28,31)/b25-12-. The molecule has 9 heteroatoms. The summed E-state index contributed by atoms with van der Waals surface area (Å²) in [5, 5.41) is 7.44. The van der Waals surface area contributed by atoms with Crippen LogP contribution in [0.1, 0.15) is 15.9 Å². The van der Waals surface area contributed by atoms with Crippen molar-refractivity contribution in [2.24, 2.45) is 5.10 Å². The minimum Gasteiger partial charge on any atom is -0.326 e. The maximum Gasteiger partial charge on any atom is 0.271 e. The molecule has 1 amide bonds. The third-order valence-electron chi connectivity index (χ3n) is 4.38. The lowest BCUT2D eigenvalue weighted by atomic mass is 10.2. The Bertz CT molecular complexity index is 1330. The Balaban J connectivity index is 1.44. The van der Waals surface area contributed by atoms with Gasteiger partial charge in [-0.15, -0.1) is 0 Å². The van der Waals surface area contributed by atoms with Crippen LogP contribution in [0.5, 0.6) is 0 Å². The van der Waals surface area contributed by atoms with E-state index in [1.807, 2.05) is 0 Å². The molecule has 4 rings (SSSR count). The van der Waals surface area contributed by atoms with Gasteiger partial charge in [0.2, 0.25) is 5.95 Å². The smallest absolute Gasteiger partial charge is 0.271 e. The Morgan fingerprint density at radius 2 is 1.84 bits per heavy atom. The second-order valence-electron chi connectivity index (χ2n) is 6.47. The second kappa shape index (κ2) is 8.76. The number of anilines is 2. The number of hydrogen-bond acceptors (Lipinski definition) is 5. The first-order chi connectivity index (χ1) is 15.0. The molecule has 3 N–H and O–H groups in total. The van der Waals surface area contributed by atoms with Crippen LogP contribution in [0.15, 0.2) is 76.6 Å². The summed E-state index contributed by atoms with van der Waals surface area (Å²) in [7, 11) is 0. The van der Waals surface area contributed by atoms with E-state index >= 15 is 0 Å². The normalized spacial score (nSPS) is 11.0. The number of H-pyrrole nitrogens is 1. The monoisotopic (exact) mass is 435 g/mol. The van der Waals surface area contributed by atoms with E-state index in [2.05, 4.69) is 25.8 Å². The molecule has 4 aromatic rings. The molecular formula is C22H15ClFN5O2. The molecule has 31 heavy (non-hydrogen) atoms. The fourth-order valence-electron chi connectivity index (χ4n) is 2.84. The predicted molar refractivity (Wildman–Crippen MR) is 119 cm³/mol. The zero-order chi connectivity index (χ0) is 21.8. The van der Waals surface area contributed by atoms with Gasteiger partial charge in [0.1, 0.15) is 5.82 Å². The van der Waals surface area contributed by atoms with Gasteiger partial charge in [0.25, 0.3) is 11.5 Å². The van der Waals surface area contributed by atoms with Crippen LogP contribution in [0.3, 0.4) is 0 Å². The van der Waals surface area contributed by atoms with E-state index in [1.54, 1.807) is 48.5 Å². The van der Waals surface area contributed by atoms with Crippen molar-refractivity contribution in [1.82, 2.24) is 15.4 Å². The Morgan fingerprint density at radius 1 is 1.06 bits per heavy atom. The highest BCUT2D eigenvalue weighted by Crippen LogP contribution is 2.17. The van der Waals surface area contributed by atoms with Gasteiger partial charge in [0, 0.05) is 16.8 Å². The number of benzene rings is 3. The number of carbonyl (C=O) groups is 1. The molecule has 0 aliphatic heterocycles. The lowest BCUT2D eigenvalue weighted by molar-refractivity contribution is 0.0955. The third kappa shape index (κ3) is 4.59. The number of halogens is 2. The summed E-state index contributed by atoms with van der Waals surface area (Å²) in [5.41, 5.74) is 3.68. The quantitative estimate of drug-likeness (QED) is 0.323. The molecule has 0 atom stereocenters. The number of hydrazone groups is 1. The van der Waals surface area contributed by atoms with Gasteiger partial charge in [-0.1, -0.05) is 29.8 Å². The van der Waals surface area contributed by atoms with E-state index < -0.39 is 11.7 Å². The number of nitrogens with one attached hydrogen (secondary N) is 3. The Kier molecular flexibility index (Phi) is 5.72. The third-order valence-corrected chi connectivity index (χ3v) is 4.71. The van der Waals surface area contributed by atoms with Gasteiger partial charge in [0.15, 0.2) is 0 Å². The van der Waals surface area contributed by atoms with Gasteiger partial charge in [0.05, 0.1) is 22.1 Å². The van der Waals surface area contributed by atoms with Crippen molar-refractivity contribution in [1.29, 1.82) is 0 Å². The molecule has 0 bridgehead atoms. The van der Waals surface area contributed by atoms with Crippen molar-refractivity contribution in [2.45, 2.75) is 0 Å². The Labute approximate surface area is 180 Å². The average molecular weight is 436 g/mol. The number of amides is 1. The zero-order valence-electron chi connectivity index (χ0n) is 15.9. The topological polar surface area (TPSA) is 99.2 Å². The van der Waals surface area contributed by atoms with Crippen molar-refractivity contribution < 1.29 is 9.18 Å². The number of para-hydroxylation sites is 1. The highest BCUT2D eigenvalue weighted by Gasteiger charge is 2.07. The number of hydrogen-bond donors (Lipinski definition) is 3. The summed E-state index contributed by atoms with van der Waals surface area (Å²) in [6.45, 7) is 0. The van der Waals surface area contributed by atoms with Crippen LogP contribution in [0.25, 0.3) is 10.9 Å². The highest BCUT2D eigenvalue weighted by atomic mass is 35.5. The van der Waals surface area contributed by atoms with Crippen molar-refractivity contribution >= 4 is 46.3 Å². The first-order valence-corrected chi connectivity index (χ1v) is 9.52. The number of nitrogens with zero attached hydrogens (tertiary/aromatic N) is 2. The van der Waals surface area contributed by atoms with Crippen LogP contribution < -0.4 is 16.3 Å². The number of aromatic nitrogens is 2. The maximum atomic E-state index is 13.7. The second-order valence-corrected chi connectivity index (χ2v) is 6.88. The summed E-state index contributed by atoms with van der Waals surface area (Å²) >= 11 is 5.91. The predicted octanol–water partition coefficient (Wildman–Crippen LogP) is 4.22. The lowest BCUT2D eigenvalue weighted by Gasteiger charge is -2.07. The summed E-state index contributed by atoms with van der Waals surface area (Å²) in [5.74, 6) is -0.735. The minimum atomic E-state index is -0.540. The molecule has 0 saturated heterocycles. The summed E-state index contributed by atoms with van der Waals surface area (Å²) in [4.78, 5) is 31.4. The van der Waals surface area contributed by atoms with E-state index in [9.17, 15) is 14.0 Å². The molecule has 7 nitrogen and oxygen atoms in total. The fraction of sp³-hybridized carbons (Fsp3) is 0. The highest BCUT2D eigenvalue weighted by molar-refractivity contribution is 6.33. The Morgan fingerprint density at radius 3 is 2.61 bits per heavy atom. The van der Waals surface area contributed by atoms with Gasteiger partial charge < -0.3 is 5.32 Å². The van der Waals surface area contributed by atoms with Crippen LogP contribution in [0.4, 0.5) is 16.0 Å². The van der Waals surface area contributed by atoms with E-state index in [0.29, 0.717) is 22.2 Å². The van der Waals surface area contributed by atoms with Crippen LogP contribution in [0.2, 0.25) is 5.02 Å². The molecule has 1 aromatic heterocycles. The molecule has 0 unspecified atom stereocenters. The molecule has 0 radical (unpaired) electrons. The summed E-state index contributed by atoms with van der Waals surface area (Å²) in [6.07, 6.45) is 1.15. The van der Waals surface area contributed by atoms with Crippen molar-refractivity contribution in [3.8, 4) is 0 Å². The van der Waals surface area contributed by atoms with E-state index in [-0.39, 0.29) is 22.1 Å². The SMILES string of the molecule is O=C(N/N=C\c1c(F)cccc1Cl)c1ccc(Nc2nc3ccccc3c(=O)[nH]2)cc1. The molecular weight excluding hydrogens is 421 g/mol. The number of rotatable bonds is 5. The van der Waals surface area contributed by atoms with Gasteiger partial charge in [-0.2, -0.15) is 5.10 Å². The first-order valence-electron chi connectivity index (χ1n) is 9.15. The van der Waals surface area contributed by atoms with Crippen LogP contribution in [-0.4, -0.2) is 22.1 Å². The zero-order valence-corrected chi connectivity index (χ0v) is 16.7. The van der Waals surface area contributed by atoms with Gasteiger partial charge in [-0.05, 0) is 48.5 Å². The fourth-order valence-corrected chi connectivity index (χ4v) is 3.05. The number of aromatic amines is 1. The van der Waals surface area contributed by atoms with Crippen LogP contribution in [-0.2, 0) is 0 Å². The largest absolute Gasteiger partial charge is 0.326 e. The summed E-state index contributed by atoms with van der Waals surface area (Å²) < 4.78 is 13.7. The first kappa shape index (κ1) is 20.2. The molecule has 1 heterocycles. The van der Waals surface area contributed by atoms with Crippen molar-refractivity contribution in [3.05, 3.63) is 99.1 Å². The van der Waals surface area contributed by atoms with Crippen molar-refractivity contribution in [2.75, 3.05) is 5.32 Å². The number of carbonyl (C=O) groups excluding carboxylic acids is 1. The van der Waals surface area contributed by atoms with E-state index in [1.165, 1.54) is 18.2 Å². The van der Waals surface area contributed by atoms with Gasteiger partial charge in [-0.3, -0.25) is 14.6 Å². The van der Waals surface area contributed by atoms with Crippen LogP contribution in [0, 0.1) is 5.82 Å². The molecule has 0 fully saturated rings. The minimum absolute atomic E-state index is 0.0842. The molecule has 3 aromatic carbocycles. The van der Waals surface area contributed by atoms with Crippen LogP contribution >= 0.6 is 11.6 Å². The van der Waals surface area contributed by atoms with Crippen molar-refractivity contribution in [3.63, 3.8) is 0 Å². The number of fused-ring (bicyclic) bond motifs is 1. The van der Waals surface area contributed by atoms with E-state index in [0.717, 1.165) is 6.21 Å². The Hall–Kier alpha value is -4.04. The molecule has 0 aliphatic rings. The van der Waals surface area contributed by atoms with E-state index in [4.69, 9.17) is 11.6 Å². The molecule has 154 valence electrons. The maximum absolute atomic E-state index is 13.7. The molecule has 0 spiro atoms. The molecule has 0 aliphatic carbocycles. The summed E-state index contributed by atoms with van der Waals surface area (Å²) in [6, 6.07) is 17.7. The van der Waals surface area contributed by atoms with Gasteiger partial charge >= 0.3 is 0 Å². The molecule has 0 saturated carbocycles. The van der Waals surface area contributed by atoms with Gasteiger partial charge in [-0.25, -0.2) is 14.8 Å². The average Bonchev–Trinajstić information content (AvgIpc) is 2.76. The lowest BCUT2D eigenvalue weighted by Crippen LogP contribution is -2.17.